The molecule has 2 N–H and O–H groups in total. The van der Waals surface area contributed by atoms with Crippen LogP contribution in [0.3, 0.4) is 0 Å². The fourth-order valence-corrected chi connectivity index (χ4v) is 1.54. The molecule has 1 aromatic rings. The maximum atomic E-state index is 11.8. The number of halogens is 3. The van der Waals surface area contributed by atoms with Crippen LogP contribution < -0.4 is 5.73 Å². The highest BCUT2D eigenvalue weighted by atomic mass is 32.1. The lowest BCUT2D eigenvalue weighted by Gasteiger charge is -2.09. The van der Waals surface area contributed by atoms with Gasteiger partial charge in [-0.05, 0) is 18.6 Å². The molecule has 0 aliphatic carbocycles. The van der Waals surface area contributed by atoms with Gasteiger partial charge in [-0.25, -0.2) is 0 Å². The molecule has 0 fully saturated rings. The average molecular weight is 266 g/mol. The van der Waals surface area contributed by atoms with E-state index in [1.807, 2.05) is 0 Å². The Hall–Kier alpha value is -1.08. The fraction of sp³-hybridized carbons (Fsp3) is 0.500. The van der Waals surface area contributed by atoms with E-state index in [2.05, 4.69) is 4.74 Å². The average Bonchev–Trinajstić information content (AvgIpc) is 2.63. The van der Waals surface area contributed by atoms with Gasteiger partial charge in [0.25, 0.3) is 0 Å². The molecule has 0 amide bonds. The molecule has 17 heavy (non-hydrogen) atoms. The van der Waals surface area contributed by atoms with Crippen LogP contribution in [0.5, 0.6) is 0 Å². The van der Waals surface area contributed by atoms with Crippen LogP contribution in [-0.4, -0.2) is 28.9 Å². The first kappa shape index (κ1) is 14.0. The first-order valence-corrected chi connectivity index (χ1v) is 5.40. The van der Waals surface area contributed by atoms with Gasteiger partial charge in [0.05, 0.1) is 5.69 Å². The zero-order valence-corrected chi connectivity index (χ0v) is 9.85. The van der Waals surface area contributed by atoms with Crippen LogP contribution in [0.25, 0.3) is 0 Å². The van der Waals surface area contributed by atoms with E-state index in [4.69, 9.17) is 18.0 Å². The second-order valence-electron chi connectivity index (χ2n) is 3.47. The van der Waals surface area contributed by atoms with E-state index in [0.29, 0.717) is 18.7 Å². The van der Waals surface area contributed by atoms with Crippen molar-refractivity contribution in [1.29, 1.82) is 0 Å². The number of ether oxygens (including phenoxy) is 1. The van der Waals surface area contributed by atoms with E-state index in [1.54, 1.807) is 22.9 Å². The van der Waals surface area contributed by atoms with Gasteiger partial charge in [0.2, 0.25) is 0 Å². The lowest BCUT2D eigenvalue weighted by Crippen LogP contribution is -2.19. The molecule has 1 aromatic heterocycles. The Labute approximate surface area is 102 Å². The highest BCUT2D eigenvalue weighted by Gasteiger charge is 2.27. The summed E-state index contributed by atoms with van der Waals surface area (Å²) in [6.07, 6.45) is -2.02. The predicted molar refractivity (Wildman–Crippen MR) is 61.8 cm³/mol. The van der Waals surface area contributed by atoms with Gasteiger partial charge < -0.3 is 15.0 Å². The molecule has 0 unspecified atom stereocenters. The van der Waals surface area contributed by atoms with E-state index in [0.717, 1.165) is 0 Å². The molecule has 0 radical (unpaired) electrons. The lowest BCUT2D eigenvalue weighted by atomic mass is 10.4. The third kappa shape index (κ3) is 5.18. The molecule has 0 aliphatic heterocycles. The summed E-state index contributed by atoms with van der Waals surface area (Å²) in [5, 5.41) is 0. The molecule has 96 valence electrons. The Kier molecular flexibility index (Phi) is 4.95. The van der Waals surface area contributed by atoms with Gasteiger partial charge >= 0.3 is 6.18 Å². The maximum absolute atomic E-state index is 11.8. The van der Waals surface area contributed by atoms with E-state index >= 15 is 0 Å². The normalized spacial score (nSPS) is 11.7. The highest BCUT2D eigenvalue weighted by molar-refractivity contribution is 7.80. The number of aryl methyl sites for hydroxylation is 1. The minimum absolute atomic E-state index is 0.0501. The Morgan fingerprint density at radius 2 is 2.18 bits per heavy atom. The summed E-state index contributed by atoms with van der Waals surface area (Å²) in [5.41, 5.74) is 6.18. The second kappa shape index (κ2) is 6.02. The summed E-state index contributed by atoms with van der Waals surface area (Å²) in [6, 6.07) is 3.55. The number of hydrogen-bond donors (Lipinski definition) is 1. The van der Waals surface area contributed by atoms with E-state index in [-0.39, 0.29) is 11.6 Å². The number of aromatic nitrogens is 1. The summed E-state index contributed by atoms with van der Waals surface area (Å²) in [7, 11) is 0. The van der Waals surface area contributed by atoms with Crippen molar-refractivity contribution >= 4 is 17.2 Å². The summed E-state index contributed by atoms with van der Waals surface area (Å²) in [5.74, 6) is 0. The topological polar surface area (TPSA) is 40.2 Å². The summed E-state index contributed by atoms with van der Waals surface area (Å²) in [6.45, 7) is -0.632. The van der Waals surface area contributed by atoms with Crippen molar-refractivity contribution in [3.63, 3.8) is 0 Å². The zero-order chi connectivity index (χ0) is 12.9. The predicted octanol–water partition coefficient (Wildman–Crippen LogP) is 2.09. The first-order valence-electron chi connectivity index (χ1n) is 4.99. The van der Waals surface area contributed by atoms with Crippen molar-refractivity contribution in [3.8, 4) is 0 Å². The molecule has 1 heterocycles. The molecule has 7 heteroatoms. The first-order chi connectivity index (χ1) is 7.90. The Bertz CT molecular complexity index is 376. The maximum Gasteiger partial charge on any atom is 0.411 e. The number of nitrogens with zero attached hydrogens (tertiary/aromatic N) is 1. The standard InChI is InChI=1S/C10H13F3N2OS/c11-10(12,13)7-16-6-2-5-15-4-1-3-8(15)9(14)17/h1,3-4H,2,5-7H2,(H2,14,17). The van der Waals surface area contributed by atoms with Crippen molar-refractivity contribution in [2.24, 2.45) is 5.73 Å². The van der Waals surface area contributed by atoms with E-state index in [9.17, 15) is 13.2 Å². The molecule has 0 spiro atoms. The van der Waals surface area contributed by atoms with Gasteiger partial charge in [0.15, 0.2) is 0 Å². The van der Waals surface area contributed by atoms with Gasteiger partial charge in [-0.15, -0.1) is 0 Å². The highest BCUT2D eigenvalue weighted by Crippen LogP contribution is 2.14. The Morgan fingerprint density at radius 3 is 2.76 bits per heavy atom. The summed E-state index contributed by atoms with van der Waals surface area (Å²) < 4.78 is 41.6. The quantitative estimate of drug-likeness (QED) is 0.633. The third-order valence-electron chi connectivity index (χ3n) is 2.04. The molecule has 0 aromatic carbocycles. The van der Waals surface area contributed by atoms with Crippen LogP contribution in [-0.2, 0) is 11.3 Å². The van der Waals surface area contributed by atoms with E-state index in [1.165, 1.54) is 0 Å². The molecule has 3 nitrogen and oxygen atoms in total. The molecule has 1 rings (SSSR count). The van der Waals surface area contributed by atoms with Crippen molar-refractivity contribution in [2.75, 3.05) is 13.2 Å². The lowest BCUT2D eigenvalue weighted by molar-refractivity contribution is -0.174. The number of thiocarbonyl (C=S) groups is 1. The van der Waals surface area contributed by atoms with Gasteiger partial charge in [-0.3, -0.25) is 0 Å². The fourth-order valence-electron chi connectivity index (χ4n) is 1.36. The SMILES string of the molecule is NC(=S)c1cccn1CCCOCC(F)(F)F. The van der Waals surface area contributed by atoms with Gasteiger partial charge in [-0.2, -0.15) is 13.2 Å². The van der Waals surface area contributed by atoms with Gasteiger partial charge in [-0.1, -0.05) is 12.2 Å². The van der Waals surface area contributed by atoms with Crippen LogP contribution in [0, 0.1) is 0 Å². The van der Waals surface area contributed by atoms with Crippen LogP contribution in [0.2, 0.25) is 0 Å². The van der Waals surface area contributed by atoms with Crippen LogP contribution in [0.4, 0.5) is 13.2 Å². The smallest absolute Gasteiger partial charge is 0.388 e. The largest absolute Gasteiger partial charge is 0.411 e. The number of rotatable bonds is 6. The van der Waals surface area contributed by atoms with Crippen molar-refractivity contribution in [1.82, 2.24) is 4.57 Å². The van der Waals surface area contributed by atoms with Crippen LogP contribution >= 0.6 is 12.2 Å². The Morgan fingerprint density at radius 1 is 1.47 bits per heavy atom. The minimum atomic E-state index is -4.27. The van der Waals surface area contributed by atoms with Crippen molar-refractivity contribution < 1.29 is 17.9 Å². The van der Waals surface area contributed by atoms with Crippen LogP contribution in [0.1, 0.15) is 12.1 Å². The molecule has 0 bridgehead atoms. The number of alkyl halides is 3. The zero-order valence-electron chi connectivity index (χ0n) is 9.04. The van der Waals surface area contributed by atoms with Crippen LogP contribution in [0.15, 0.2) is 18.3 Å². The third-order valence-corrected chi connectivity index (χ3v) is 2.24. The molecular formula is C10H13F3N2OS. The van der Waals surface area contributed by atoms with Gasteiger partial charge in [0.1, 0.15) is 11.6 Å². The summed E-state index contributed by atoms with van der Waals surface area (Å²) in [4.78, 5) is 0.270. The molecule has 0 aliphatic rings. The monoisotopic (exact) mass is 266 g/mol. The molecular weight excluding hydrogens is 253 g/mol. The van der Waals surface area contributed by atoms with Crippen molar-refractivity contribution in [3.05, 3.63) is 24.0 Å². The molecule has 0 atom stereocenters. The molecule has 0 saturated heterocycles. The minimum Gasteiger partial charge on any atom is -0.388 e. The Balaban J connectivity index is 2.27. The molecule has 0 saturated carbocycles. The second-order valence-corrected chi connectivity index (χ2v) is 3.91. The van der Waals surface area contributed by atoms with Gasteiger partial charge in [0, 0.05) is 19.3 Å². The van der Waals surface area contributed by atoms with Crippen molar-refractivity contribution in [2.45, 2.75) is 19.1 Å². The summed E-state index contributed by atoms with van der Waals surface area (Å²) >= 11 is 4.83. The number of hydrogen-bond acceptors (Lipinski definition) is 2. The number of nitrogens with two attached hydrogens (primary N) is 1. The van der Waals surface area contributed by atoms with E-state index < -0.39 is 12.8 Å².